The highest BCUT2D eigenvalue weighted by molar-refractivity contribution is 7.91. The van der Waals surface area contributed by atoms with Crippen molar-refractivity contribution in [2.45, 2.75) is 19.4 Å². The average molecular weight is 374 g/mol. The van der Waals surface area contributed by atoms with E-state index in [0.717, 1.165) is 0 Å². The SMILES string of the molecule is CCOC(=O)C(=NNc1ccccc1Cl)N(C)C1CCS(=O)(=O)C1. The Morgan fingerprint density at radius 3 is 2.75 bits per heavy atom. The molecule has 1 aromatic rings. The molecule has 1 aliphatic heterocycles. The predicted octanol–water partition coefficient (Wildman–Crippen LogP) is 1.75. The number of halogens is 1. The molecule has 1 aliphatic rings. The van der Waals surface area contributed by atoms with Crippen LogP contribution in [-0.2, 0) is 19.4 Å². The Labute approximate surface area is 146 Å². The standard InChI is InChI=1S/C15H20ClN3O4S/c1-3-23-15(20)14(18-17-13-7-5-4-6-12(13)16)19(2)11-8-9-24(21,22)10-11/h4-7,11,17H,3,8-10H2,1-2H3. The topological polar surface area (TPSA) is 88.1 Å². The van der Waals surface area contributed by atoms with Gasteiger partial charge in [0.05, 0.1) is 28.8 Å². The van der Waals surface area contributed by atoms with Crippen molar-refractivity contribution in [3.05, 3.63) is 29.3 Å². The van der Waals surface area contributed by atoms with Crippen LogP contribution in [0.4, 0.5) is 5.69 Å². The van der Waals surface area contributed by atoms with Gasteiger partial charge in [-0.3, -0.25) is 5.43 Å². The molecule has 0 radical (unpaired) electrons. The summed E-state index contributed by atoms with van der Waals surface area (Å²) in [7, 11) is -1.44. The number of ether oxygens (including phenoxy) is 1. The monoisotopic (exact) mass is 373 g/mol. The van der Waals surface area contributed by atoms with Gasteiger partial charge in [-0.2, -0.15) is 0 Å². The van der Waals surface area contributed by atoms with Crippen molar-refractivity contribution in [2.75, 3.05) is 30.6 Å². The molecule has 0 aliphatic carbocycles. The zero-order chi connectivity index (χ0) is 17.7. The fourth-order valence-corrected chi connectivity index (χ4v) is 4.34. The molecule has 7 nitrogen and oxygen atoms in total. The second kappa shape index (κ2) is 7.85. The molecular weight excluding hydrogens is 354 g/mol. The van der Waals surface area contributed by atoms with Gasteiger partial charge in [-0.25, -0.2) is 13.2 Å². The number of nitrogens with one attached hydrogen (secondary N) is 1. The fraction of sp³-hybridized carbons (Fsp3) is 0.467. The number of carbonyl (C=O) groups excluding carboxylic acids is 1. The van der Waals surface area contributed by atoms with Crippen LogP contribution in [0.3, 0.4) is 0 Å². The third-order valence-electron chi connectivity index (χ3n) is 3.70. The smallest absolute Gasteiger partial charge is 0.375 e. The number of hydrogen-bond donors (Lipinski definition) is 1. The zero-order valence-electron chi connectivity index (χ0n) is 13.5. The van der Waals surface area contributed by atoms with E-state index in [1.807, 2.05) is 0 Å². The number of benzene rings is 1. The largest absolute Gasteiger partial charge is 0.460 e. The number of esters is 1. The van der Waals surface area contributed by atoms with Gasteiger partial charge in [-0.1, -0.05) is 23.7 Å². The Morgan fingerprint density at radius 2 is 2.17 bits per heavy atom. The van der Waals surface area contributed by atoms with Crippen molar-refractivity contribution < 1.29 is 17.9 Å². The van der Waals surface area contributed by atoms with Gasteiger partial charge in [-0.05, 0) is 25.5 Å². The van der Waals surface area contributed by atoms with Crippen LogP contribution in [0, 0.1) is 0 Å². The summed E-state index contributed by atoms with van der Waals surface area (Å²) in [4.78, 5) is 13.7. The molecule has 1 aromatic carbocycles. The Balaban J connectivity index is 2.22. The second-order valence-electron chi connectivity index (χ2n) is 5.42. The number of para-hydroxylation sites is 1. The van der Waals surface area contributed by atoms with E-state index in [4.69, 9.17) is 16.3 Å². The quantitative estimate of drug-likeness (QED) is 0.374. The highest BCUT2D eigenvalue weighted by atomic mass is 35.5. The molecule has 0 aromatic heterocycles. The van der Waals surface area contributed by atoms with Crippen LogP contribution in [-0.4, -0.2) is 56.3 Å². The minimum Gasteiger partial charge on any atom is -0.460 e. The summed E-state index contributed by atoms with van der Waals surface area (Å²) in [6, 6.07) is 6.65. The number of hydrogen-bond acceptors (Lipinski definition) is 6. The maximum Gasteiger partial charge on any atom is 0.375 e. The maximum atomic E-state index is 12.2. The van der Waals surface area contributed by atoms with Gasteiger partial charge in [0.15, 0.2) is 9.84 Å². The highest BCUT2D eigenvalue weighted by Crippen LogP contribution is 2.21. The van der Waals surface area contributed by atoms with Crippen LogP contribution in [0.25, 0.3) is 0 Å². The summed E-state index contributed by atoms with van der Waals surface area (Å²) in [5.41, 5.74) is 3.28. The van der Waals surface area contributed by atoms with E-state index in [1.54, 1.807) is 43.1 Å². The number of rotatable bonds is 4. The lowest BCUT2D eigenvalue weighted by atomic mass is 10.2. The van der Waals surface area contributed by atoms with Crippen molar-refractivity contribution >= 4 is 38.9 Å². The molecule has 24 heavy (non-hydrogen) atoms. The van der Waals surface area contributed by atoms with E-state index in [1.165, 1.54) is 0 Å². The number of hydrazone groups is 1. The van der Waals surface area contributed by atoms with Crippen LogP contribution in [0.2, 0.25) is 5.02 Å². The van der Waals surface area contributed by atoms with Gasteiger partial charge in [0.2, 0.25) is 5.84 Å². The molecule has 1 atom stereocenters. The molecule has 1 unspecified atom stereocenters. The Kier molecular flexibility index (Phi) is 6.06. The van der Waals surface area contributed by atoms with Crippen molar-refractivity contribution in [3.63, 3.8) is 0 Å². The average Bonchev–Trinajstić information content (AvgIpc) is 2.89. The second-order valence-corrected chi connectivity index (χ2v) is 8.05. The van der Waals surface area contributed by atoms with E-state index >= 15 is 0 Å². The first-order valence-electron chi connectivity index (χ1n) is 7.52. The summed E-state index contributed by atoms with van der Waals surface area (Å²) >= 11 is 6.05. The zero-order valence-corrected chi connectivity index (χ0v) is 15.1. The molecule has 0 amide bonds. The first-order valence-corrected chi connectivity index (χ1v) is 9.72. The number of nitrogens with zero attached hydrogens (tertiary/aromatic N) is 2. The van der Waals surface area contributed by atoms with Gasteiger partial charge in [0.25, 0.3) is 0 Å². The number of amidine groups is 1. The van der Waals surface area contributed by atoms with Gasteiger partial charge < -0.3 is 9.64 Å². The number of carbonyl (C=O) groups is 1. The third-order valence-corrected chi connectivity index (χ3v) is 5.78. The van der Waals surface area contributed by atoms with Crippen LogP contribution < -0.4 is 5.43 Å². The fourth-order valence-electron chi connectivity index (χ4n) is 2.38. The first kappa shape index (κ1) is 18.5. The third kappa shape index (κ3) is 4.61. The lowest BCUT2D eigenvalue weighted by Gasteiger charge is -2.25. The summed E-state index contributed by atoms with van der Waals surface area (Å²) in [5.74, 6) is -0.507. The molecule has 0 bridgehead atoms. The van der Waals surface area contributed by atoms with Crippen molar-refractivity contribution in [1.82, 2.24) is 4.90 Å². The van der Waals surface area contributed by atoms with E-state index in [0.29, 0.717) is 17.1 Å². The molecular formula is C15H20ClN3O4S. The molecule has 9 heteroatoms. The molecule has 1 heterocycles. The van der Waals surface area contributed by atoms with E-state index in [-0.39, 0.29) is 30.0 Å². The van der Waals surface area contributed by atoms with E-state index in [9.17, 15) is 13.2 Å². The predicted molar refractivity (Wildman–Crippen MR) is 94.0 cm³/mol. The Bertz CT molecular complexity index is 736. The minimum atomic E-state index is -3.08. The Morgan fingerprint density at radius 1 is 1.46 bits per heavy atom. The summed E-state index contributed by atoms with van der Waals surface area (Å²) < 4.78 is 28.4. The van der Waals surface area contributed by atoms with Crippen molar-refractivity contribution in [2.24, 2.45) is 5.10 Å². The van der Waals surface area contributed by atoms with Crippen LogP contribution in [0.5, 0.6) is 0 Å². The maximum absolute atomic E-state index is 12.2. The van der Waals surface area contributed by atoms with Crippen LogP contribution in [0.15, 0.2) is 29.4 Å². The van der Waals surface area contributed by atoms with E-state index < -0.39 is 15.8 Å². The number of sulfone groups is 1. The van der Waals surface area contributed by atoms with Crippen molar-refractivity contribution in [1.29, 1.82) is 0 Å². The van der Waals surface area contributed by atoms with Crippen molar-refractivity contribution in [3.8, 4) is 0 Å². The van der Waals surface area contributed by atoms with Crippen LogP contribution >= 0.6 is 11.6 Å². The Hall–Kier alpha value is -1.80. The highest BCUT2D eigenvalue weighted by Gasteiger charge is 2.34. The number of anilines is 1. The van der Waals surface area contributed by atoms with Gasteiger partial charge in [0, 0.05) is 13.1 Å². The normalized spacial score (nSPS) is 19.8. The summed E-state index contributed by atoms with van der Waals surface area (Å²) in [6.45, 7) is 1.89. The van der Waals surface area contributed by atoms with Crippen LogP contribution in [0.1, 0.15) is 13.3 Å². The lowest BCUT2D eigenvalue weighted by Crippen LogP contribution is -2.43. The molecule has 2 rings (SSSR count). The summed E-state index contributed by atoms with van der Waals surface area (Å²) in [5, 5.41) is 4.56. The van der Waals surface area contributed by atoms with Gasteiger partial charge >= 0.3 is 5.97 Å². The molecule has 1 saturated heterocycles. The first-order chi connectivity index (χ1) is 11.3. The van der Waals surface area contributed by atoms with Gasteiger partial charge in [0.1, 0.15) is 0 Å². The molecule has 1 N–H and O–H groups in total. The summed E-state index contributed by atoms with van der Waals surface area (Å²) in [6.07, 6.45) is 0.448. The molecule has 132 valence electrons. The van der Waals surface area contributed by atoms with Gasteiger partial charge in [-0.15, -0.1) is 5.10 Å². The molecule has 0 spiro atoms. The lowest BCUT2D eigenvalue weighted by molar-refractivity contribution is -0.135. The van der Waals surface area contributed by atoms with E-state index in [2.05, 4.69) is 10.5 Å². The number of likely N-dealkylation sites (N-methyl/N-ethyl adjacent to an activating group) is 1. The molecule has 0 saturated carbocycles. The molecule has 1 fully saturated rings. The minimum absolute atomic E-state index is 0.00593.